The average molecular weight is 498 g/mol. The maximum atomic E-state index is 12.7. The highest BCUT2D eigenvalue weighted by Gasteiger charge is 2.69. The van der Waals surface area contributed by atoms with Crippen molar-refractivity contribution in [1.82, 2.24) is 5.32 Å². The van der Waals surface area contributed by atoms with Crippen LogP contribution in [-0.2, 0) is 38.4 Å². The van der Waals surface area contributed by atoms with Gasteiger partial charge in [-0.2, -0.15) is 0 Å². The molecule has 0 aromatic carbocycles. The zero-order chi connectivity index (χ0) is 25.5. The lowest BCUT2D eigenvalue weighted by molar-refractivity contribution is -0.576. The predicted molar refractivity (Wildman–Crippen MR) is 121 cm³/mol. The lowest BCUT2D eigenvalue weighted by Gasteiger charge is -2.59. The smallest absolute Gasteiger partial charge is 0.326 e. The number of carboxylic acids is 1. The highest BCUT2D eigenvalue weighted by Crippen LogP contribution is 2.60. The fraction of sp³-hybridized carbons (Fsp3) is 0.880. The van der Waals surface area contributed by atoms with Crippen molar-refractivity contribution in [3.63, 3.8) is 0 Å². The molecule has 35 heavy (non-hydrogen) atoms. The molecule has 0 aromatic rings. The van der Waals surface area contributed by atoms with E-state index in [0.717, 1.165) is 19.3 Å². The predicted octanol–water partition coefficient (Wildman–Crippen LogP) is 3.13. The Morgan fingerprint density at radius 3 is 2.54 bits per heavy atom. The van der Waals surface area contributed by atoms with E-state index in [2.05, 4.69) is 12.2 Å². The fourth-order valence-corrected chi connectivity index (χ4v) is 6.34. The van der Waals surface area contributed by atoms with E-state index in [9.17, 15) is 19.5 Å². The number of hydrogen-bond acceptors (Lipinski definition) is 8. The van der Waals surface area contributed by atoms with Crippen molar-refractivity contribution in [1.29, 1.82) is 0 Å². The third kappa shape index (κ3) is 4.82. The van der Waals surface area contributed by atoms with E-state index in [0.29, 0.717) is 18.8 Å². The Morgan fingerprint density at radius 1 is 1.11 bits per heavy atom. The van der Waals surface area contributed by atoms with E-state index < -0.39 is 47.9 Å². The summed E-state index contributed by atoms with van der Waals surface area (Å²) in [4.78, 5) is 48.3. The average Bonchev–Trinajstić information content (AvgIpc) is 3.04. The maximum absolute atomic E-state index is 12.7. The fourth-order valence-electron chi connectivity index (χ4n) is 6.34. The van der Waals surface area contributed by atoms with Crippen LogP contribution in [0.5, 0.6) is 0 Å². The molecular weight excluding hydrogens is 458 g/mol. The largest absolute Gasteiger partial charge is 0.480 e. The van der Waals surface area contributed by atoms with Crippen molar-refractivity contribution in [3.05, 3.63) is 0 Å². The van der Waals surface area contributed by atoms with Crippen LogP contribution < -0.4 is 5.32 Å². The van der Waals surface area contributed by atoms with Gasteiger partial charge in [-0.05, 0) is 43.9 Å². The molecule has 4 aliphatic heterocycles. The first-order valence-electron chi connectivity index (χ1n) is 12.9. The topological polar surface area (TPSA) is 130 Å². The van der Waals surface area contributed by atoms with Gasteiger partial charge in [0, 0.05) is 24.7 Å². The molecule has 5 fully saturated rings. The van der Waals surface area contributed by atoms with Crippen molar-refractivity contribution in [2.45, 2.75) is 110 Å². The number of rotatable bonds is 8. The van der Waals surface area contributed by atoms with E-state index in [4.69, 9.17) is 24.0 Å². The molecule has 1 saturated carbocycles. The summed E-state index contributed by atoms with van der Waals surface area (Å²) < 4.78 is 18.2. The second kappa shape index (κ2) is 9.95. The normalized spacial score (nSPS) is 41.7. The molecule has 10 atom stereocenters. The Labute approximate surface area is 206 Å². The molecule has 10 heteroatoms. The Bertz CT molecular complexity index is 836. The van der Waals surface area contributed by atoms with E-state index in [1.165, 1.54) is 0 Å². The molecule has 1 aliphatic carbocycles. The third-order valence-electron chi connectivity index (χ3n) is 8.70. The Balaban J connectivity index is 1.39. The van der Waals surface area contributed by atoms with E-state index in [1.807, 2.05) is 20.8 Å². The highest BCUT2D eigenvalue weighted by atomic mass is 17.3. The van der Waals surface area contributed by atoms with Crippen LogP contribution in [0.3, 0.4) is 0 Å². The summed E-state index contributed by atoms with van der Waals surface area (Å²) in [6.07, 6.45) is 2.23. The molecule has 4 heterocycles. The summed E-state index contributed by atoms with van der Waals surface area (Å²) in [7, 11) is 0. The van der Waals surface area contributed by atoms with Crippen molar-refractivity contribution in [2.75, 3.05) is 0 Å². The van der Waals surface area contributed by atoms with Gasteiger partial charge >= 0.3 is 11.9 Å². The van der Waals surface area contributed by atoms with Gasteiger partial charge in [-0.25, -0.2) is 14.6 Å². The SMILES string of the molecule is CCC(C)C(NC(=O)CCC(=O)O[C@@H]1O[C@@H]2O[C@]3(C)CC[C@H]4[C@H](C)CC[C@@H]([C@H]1C)C24OO3)C(=O)O. The molecule has 198 valence electrons. The van der Waals surface area contributed by atoms with Crippen LogP contribution in [0.15, 0.2) is 0 Å². The molecule has 2 N–H and O–H groups in total. The summed E-state index contributed by atoms with van der Waals surface area (Å²) in [6.45, 7) is 9.67. The molecule has 2 bridgehead atoms. The first-order valence-corrected chi connectivity index (χ1v) is 12.9. The Kier molecular flexibility index (Phi) is 7.48. The monoisotopic (exact) mass is 497 g/mol. The number of amides is 1. The van der Waals surface area contributed by atoms with Crippen LogP contribution in [0.2, 0.25) is 0 Å². The van der Waals surface area contributed by atoms with Crippen LogP contribution in [0.25, 0.3) is 0 Å². The zero-order valence-electron chi connectivity index (χ0n) is 21.3. The van der Waals surface area contributed by atoms with Crippen LogP contribution >= 0.6 is 0 Å². The number of esters is 1. The van der Waals surface area contributed by atoms with Gasteiger partial charge in [-0.3, -0.25) is 9.59 Å². The highest BCUT2D eigenvalue weighted by molar-refractivity contribution is 5.85. The van der Waals surface area contributed by atoms with Gasteiger partial charge in [0.25, 0.3) is 0 Å². The van der Waals surface area contributed by atoms with Gasteiger partial charge in [0.2, 0.25) is 18.0 Å². The molecular formula is C25H39NO9. The lowest BCUT2D eigenvalue weighted by atomic mass is 9.58. The minimum atomic E-state index is -1.09. The van der Waals surface area contributed by atoms with E-state index in [-0.39, 0.29) is 36.5 Å². The standard InChI is InChI=1S/C25H39NO9/c1-6-13(2)20(21(29)30)26-18(27)9-10-19(28)31-22-15(4)17-8-7-14(3)16-11-12-24(5)33-23(32-22)25(16,17)35-34-24/h13-17,20,22-23H,6-12H2,1-5H3,(H,26,27)(H,29,30)/t13?,14-,15-,16+,17+,20?,22-,23-,24+,25?/m1/s1. The molecule has 1 amide bonds. The second-order valence-corrected chi connectivity index (χ2v) is 11.0. The zero-order valence-corrected chi connectivity index (χ0v) is 21.3. The summed E-state index contributed by atoms with van der Waals surface area (Å²) in [5.41, 5.74) is -0.738. The van der Waals surface area contributed by atoms with Gasteiger partial charge in [0.1, 0.15) is 6.04 Å². The third-order valence-corrected chi connectivity index (χ3v) is 8.70. The van der Waals surface area contributed by atoms with E-state index in [1.54, 1.807) is 6.92 Å². The number of carbonyl (C=O) groups is 3. The minimum absolute atomic E-state index is 0.0260. The number of ether oxygens (including phenoxy) is 3. The first-order chi connectivity index (χ1) is 16.5. The van der Waals surface area contributed by atoms with Crippen LogP contribution in [0.4, 0.5) is 0 Å². The second-order valence-electron chi connectivity index (χ2n) is 11.0. The summed E-state index contributed by atoms with van der Waals surface area (Å²) in [5.74, 6) is -2.80. The Morgan fingerprint density at radius 2 is 1.86 bits per heavy atom. The molecule has 0 radical (unpaired) electrons. The lowest BCUT2D eigenvalue weighted by Crippen LogP contribution is -2.70. The number of aliphatic carboxylic acids is 1. The molecule has 5 rings (SSSR count). The molecule has 4 saturated heterocycles. The molecule has 0 aromatic heterocycles. The molecule has 3 unspecified atom stereocenters. The number of carbonyl (C=O) groups excluding carboxylic acids is 2. The molecule has 1 spiro atoms. The van der Waals surface area contributed by atoms with Crippen molar-refractivity contribution >= 4 is 17.8 Å². The van der Waals surface area contributed by atoms with Crippen LogP contribution in [0, 0.1) is 29.6 Å². The van der Waals surface area contributed by atoms with Crippen molar-refractivity contribution in [2.24, 2.45) is 29.6 Å². The first kappa shape index (κ1) is 26.3. The van der Waals surface area contributed by atoms with Crippen molar-refractivity contribution < 1.29 is 43.5 Å². The number of carboxylic acid groups (broad SMARTS) is 1. The van der Waals surface area contributed by atoms with Gasteiger partial charge in [-0.15, -0.1) is 0 Å². The summed E-state index contributed by atoms with van der Waals surface area (Å²) in [6, 6.07) is -0.991. The number of hydrogen-bond donors (Lipinski definition) is 2. The Hall–Kier alpha value is -1.75. The van der Waals surface area contributed by atoms with Gasteiger partial charge < -0.3 is 24.6 Å². The van der Waals surface area contributed by atoms with Crippen LogP contribution in [-0.4, -0.2) is 53.0 Å². The summed E-state index contributed by atoms with van der Waals surface area (Å²) in [5, 5.41) is 11.9. The number of nitrogens with one attached hydrogen (secondary N) is 1. The van der Waals surface area contributed by atoms with E-state index >= 15 is 0 Å². The van der Waals surface area contributed by atoms with Crippen LogP contribution in [0.1, 0.15) is 79.6 Å². The van der Waals surface area contributed by atoms with Gasteiger partial charge in [0.15, 0.2) is 11.9 Å². The number of fused-ring (bicyclic) bond motifs is 2. The molecule has 5 aliphatic rings. The molecule has 10 nitrogen and oxygen atoms in total. The quantitative estimate of drug-likeness (QED) is 0.384. The summed E-state index contributed by atoms with van der Waals surface area (Å²) >= 11 is 0. The minimum Gasteiger partial charge on any atom is -0.480 e. The van der Waals surface area contributed by atoms with Gasteiger partial charge in [0.05, 0.1) is 6.42 Å². The maximum Gasteiger partial charge on any atom is 0.326 e. The van der Waals surface area contributed by atoms with Crippen molar-refractivity contribution in [3.8, 4) is 0 Å². The van der Waals surface area contributed by atoms with Gasteiger partial charge in [-0.1, -0.05) is 34.1 Å².